The maximum Gasteiger partial charge on any atom is 0.0541 e. The number of para-hydroxylation sites is 3. The molecule has 0 N–H and O–H groups in total. The van der Waals surface area contributed by atoms with E-state index in [1.54, 1.807) is 0 Å². The number of nitrogens with zero attached hydrogens (tertiary/aromatic N) is 2. The number of fused-ring (bicyclic) bond motifs is 7. The van der Waals surface area contributed by atoms with E-state index >= 15 is 0 Å². The van der Waals surface area contributed by atoms with Crippen LogP contribution in [-0.2, 0) is 0 Å². The van der Waals surface area contributed by atoms with Crippen LogP contribution >= 0.6 is 11.3 Å². The summed E-state index contributed by atoms with van der Waals surface area (Å²) < 4.78 is 5.07. The van der Waals surface area contributed by atoms with Gasteiger partial charge in [-0.1, -0.05) is 170 Å². The monoisotopic (exact) mass is 794 g/mol. The van der Waals surface area contributed by atoms with Gasteiger partial charge in [-0.25, -0.2) is 0 Å². The first-order valence-corrected chi connectivity index (χ1v) is 21.7. The van der Waals surface area contributed by atoms with Gasteiger partial charge in [-0.2, -0.15) is 0 Å². The molecule has 61 heavy (non-hydrogen) atoms. The molecule has 0 saturated heterocycles. The van der Waals surface area contributed by atoms with E-state index in [1.165, 1.54) is 86.1 Å². The first-order chi connectivity index (χ1) is 30.3. The fourth-order valence-corrected chi connectivity index (χ4v) is 10.6. The molecule has 0 fully saturated rings. The molecule has 12 rings (SSSR count). The van der Waals surface area contributed by atoms with Crippen molar-refractivity contribution in [1.82, 2.24) is 4.57 Å². The molecule has 3 heteroatoms. The van der Waals surface area contributed by atoms with E-state index in [-0.39, 0.29) is 0 Å². The Balaban J connectivity index is 1.03. The lowest BCUT2D eigenvalue weighted by molar-refractivity contribution is 1.18. The minimum atomic E-state index is 1.10. The van der Waals surface area contributed by atoms with E-state index < -0.39 is 0 Å². The Hall–Kier alpha value is -7.72. The average Bonchev–Trinajstić information content (AvgIpc) is 3.89. The standard InChI is InChI=1S/C58H38N2S/c1-2-15-39(16-3-1)40-29-33-42(34-30-40)59(43-35-31-41(32-36-43)44-23-14-28-57-58(44)51-22-9-13-27-56(51)61-57)55-38-37-46(45-17-4-5-18-47(45)55)48-19-6-10-24-52(48)60-53-25-11-7-20-49(53)50-21-8-12-26-54(50)60/h1-38H. The molecule has 0 bridgehead atoms. The molecule has 0 amide bonds. The third-order valence-corrected chi connectivity index (χ3v) is 13.4. The fourth-order valence-electron chi connectivity index (χ4n) is 9.46. The Bertz CT molecular complexity index is 3520. The first-order valence-electron chi connectivity index (χ1n) is 20.8. The van der Waals surface area contributed by atoms with Crippen molar-refractivity contribution in [1.29, 1.82) is 0 Å². The fraction of sp³-hybridized carbons (Fsp3) is 0. The lowest BCUT2D eigenvalue weighted by Gasteiger charge is -2.28. The molecule has 2 nitrogen and oxygen atoms in total. The molecule has 10 aromatic carbocycles. The molecule has 0 aliphatic rings. The average molecular weight is 795 g/mol. The Morgan fingerprint density at radius 1 is 0.311 bits per heavy atom. The van der Waals surface area contributed by atoms with Crippen molar-refractivity contribution >= 4 is 81.1 Å². The third-order valence-electron chi connectivity index (χ3n) is 12.2. The van der Waals surface area contributed by atoms with Crippen LogP contribution in [0.2, 0.25) is 0 Å². The Morgan fingerprint density at radius 3 is 1.56 bits per heavy atom. The summed E-state index contributed by atoms with van der Waals surface area (Å²) in [5, 5.41) is 7.54. The molecule has 0 aliphatic carbocycles. The van der Waals surface area contributed by atoms with Gasteiger partial charge in [0.1, 0.15) is 0 Å². The highest BCUT2D eigenvalue weighted by molar-refractivity contribution is 7.25. The number of anilines is 3. The SMILES string of the molecule is c1ccc(-c2ccc(N(c3ccc(-c4cccc5sc6ccccc6c45)cc3)c3ccc(-c4ccccc4-n4c5ccccc5c5ccccc54)c4ccccc34)cc2)cc1. The molecular formula is C58H38N2S. The van der Waals surface area contributed by atoms with Gasteiger partial charge in [-0.15, -0.1) is 11.3 Å². The zero-order valence-corrected chi connectivity index (χ0v) is 34.1. The predicted octanol–water partition coefficient (Wildman–Crippen LogP) is 16.8. The molecule has 286 valence electrons. The van der Waals surface area contributed by atoms with E-state index in [0.29, 0.717) is 0 Å². The van der Waals surface area contributed by atoms with Crippen LogP contribution in [0, 0.1) is 0 Å². The second-order valence-electron chi connectivity index (χ2n) is 15.6. The minimum Gasteiger partial charge on any atom is -0.310 e. The summed E-state index contributed by atoms with van der Waals surface area (Å²) in [7, 11) is 0. The lowest BCUT2D eigenvalue weighted by Crippen LogP contribution is -2.10. The smallest absolute Gasteiger partial charge is 0.0541 e. The summed E-state index contributed by atoms with van der Waals surface area (Å²) in [6, 6.07) is 84.1. The summed E-state index contributed by atoms with van der Waals surface area (Å²) >= 11 is 1.86. The van der Waals surface area contributed by atoms with Crippen molar-refractivity contribution in [3.8, 4) is 39.1 Å². The Labute approximate surface area is 358 Å². The van der Waals surface area contributed by atoms with Crippen molar-refractivity contribution in [3.05, 3.63) is 231 Å². The molecule has 0 atom stereocenters. The number of aromatic nitrogens is 1. The van der Waals surface area contributed by atoms with Crippen molar-refractivity contribution in [3.63, 3.8) is 0 Å². The Morgan fingerprint density at radius 2 is 0.836 bits per heavy atom. The Kier molecular flexibility index (Phi) is 8.39. The largest absolute Gasteiger partial charge is 0.310 e. The zero-order chi connectivity index (χ0) is 40.3. The molecule has 2 aromatic heterocycles. The van der Waals surface area contributed by atoms with Gasteiger partial charge in [-0.05, 0) is 93.9 Å². The molecular weight excluding hydrogens is 757 g/mol. The van der Waals surface area contributed by atoms with E-state index in [4.69, 9.17) is 0 Å². The predicted molar refractivity (Wildman–Crippen MR) is 262 cm³/mol. The highest BCUT2D eigenvalue weighted by Gasteiger charge is 2.21. The van der Waals surface area contributed by atoms with Gasteiger partial charge in [-0.3, -0.25) is 0 Å². The number of rotatable bonds is 7. The summed E-state index contributed by atoms with van der Waals surface area (Å²) in [5.41, 5.74) is 14.1. The lowest BCUT2D eigenvalue weighted by atomic mass is 9.94. The van der Waals surface area contributed by atoms with Crippen LogP contribution < -0.4 is 4.90 Å². The number of benzene rings is 10. The van der Waals surface area contributed by atoms with Gasteiger partial charge in [0.05, 0.1) is 22.4 Å². The minimum absolute atomic E-state index is 1.10. The maximum atomic E-state index is 2.43. The number of hydrogen-bond acceptors (Lipinski definition) is 2. The second kappa shape index (κ2) is 14.5. The molecule has 0 unspecified atom stereocenters. The zero-order valence-electron chi connectivity index (χ0n) is 33.2. The number of thiophene rings is 1. The van der Waals surface area contributed by atoms with Crippen LogP contribution in [0.3, 0.4) is 0 Å². The molecule has 12 aromatic rings. The van der Waals surface area contributed by atoms with E-state index in [2.05, 4.69) is 240 Å². The van der Waals surface area contributed by atoms with Gasteiger partial charge in [0.25, 0.3) is 0 Å². The highest BCUT2D eigenvalue weighted by atomic mass is 32.1. The normalized spacial score (nSPS) is 11.6. The maximum absolute atomic E-state index is 2.43. The van der Waals surface area contributed by atoms with Crippen LogP contribution in [0.25, 0.3) is 91.8 Å². The van der Waals surface area contributed by atoms with Crippen LogP contribution in [-0.4, -0.2) is 4.57 Å². The molecule has 0 spiro atoms. The van der Waals surface area contributed by atoms with Gasteiger partial charge in [0, 0.05) is 53.3 Å². The third kappa shape index (κ3) is 5.85. The molecule has 2 heterocycles. The quantitative estimate of drug-likeness (QED) is 0.156. The summed E-state index contributed by atoms with van der Waals surface area (Å²) in [4.78, 5) is 2.42. The highest BCUT2D eigenvalue weighted by Crippen LogP contribution is 2.46. The van der Waals surface area contributed by atoms with E-state index in [1.807, 2.05) is 11.3 Å². The molecule has 0 radical (unpaired) electrons. The summed E-state index contributed by atoms with van der Waals surface area (Å²) in [5.74, 6) is 0. The van der Waals surface area contributed by atoms with Crippen LogP contribution in [0.15, 0.2) is 231 Å². The van der Waals surface area contributed by atoms with Gasteiger partial charge in [0.15, 0.2) is 0 Å². The van der Waals surface area contributed by atoms with Gasteiger partial charge >= 0.3 is 0 Å². The van der Waals surface area contributed by atoms with Gasteiger partial charge < -0.3 is 9.47 Å². The number of hydrogen-bond donors (Lipinski definition) is 0. The summed E-state index contributed by atoms with van der Waals surface area (Å²) in [6.45, 7) is 0. The van der Waals surface area contributed by atoms with Gasteiger partial charge in [0.2, 0.25) is 0 Å². The van der Waals surface area contributed by atoms with Crippen molar-refractivity contribution in [2.75, 3.05) is 4.90 Å². The van der Waals surface area contributed by atoms with Crippen LogP contribution in [0.1, 0.15) is 0 Å². The van der Waals surface area contributed by atoms with Crippen molar-refractivity contribution in [2.24, 2.45) is 0 Å². The summed E-state index contributed by atoms with van der Waals surface area (Å²) in [6.07, 6.45) is 0. The van der Waals surface area contributed by atoms with Crippen LogP contribution in [0.4, 0.5) is 17.1 Å². The van der Waals surface area contributed by atoms with E-state index in [9.17, 15) is 0 Å². The van der Waals surface area contributed by atoms with E-state index in [0.717, 1.165) is 22.7 Å². The molecule has 0 saturated carbocycles. The van der Waals surface area contributed by atoms with Crippen molar-refractivity contribution < 1.29 is 0 Å². The topological polar surface area (TPSA) is 8.17 Å². The molecule has 0 aliphatic heterocycles. The van der Waals surface area contributed by atoms with Crippen LogP contribution in [0.5, 0.6) is 0 Å². The first kappa shape index (κ1) is 35.2. The van der Waals surface area contributed by atoms with Crippen molar-refractivity contribution in [2.45, 2.75) is 0 Å². The second-order valence-corrected chi connectivity index (χ2v) is 16.7.